The Morgan fingerprint density at radius 1 is 0.284 bits per heavy atom. The lowest BCUT2D eigenvalue weighted by Crippen LogP contribution is -2.63. The van der Waals surface area contributed by atoms with Crippen molar-refractivity contribution in [3.8, 4) is 0 Å². The molecule has 394 valence electrons. The van der Waals surface area contributed by atoms with Crippen LogP contribution >= 0.6 is 0 Å². The van der Waals surface area contributed by atoms with Crippen LogP contribution in [0.2, 0.25) is 196 Å². The maximum absolute atomic E-state index is 6.90. The number of rotatable bonds is 30. The van der Waals surface area contributed by atoms with Crippen molar-refractivity contribution in [3.63, 3.8) is 0 Å². The van der Waals surface area contributed by atoms with E-state index < -0.39 is 129 Å². The molecule has 29 heteroatoms. The fourth-order valence-electron chi connectivity index (χ4n) is 9.47. The standard InChI is InChI=1S/C38H98O14Si15/c1-53(2)39-55(5,6)41-57(9,10)43-59(13,14)45-61(17,18)47-63(21,22)49-65(25,26)51-67(29,30)52-66(27,28)50-64(23,24)48-62(19,20)46-60(15,16)44-58(11,12)42-56(7,8)40-54(3,4)37-36-38-34-32-31-33-35-38/h31-37,53H,1-30H3. The van der Waals surface area contributed by atoms with Gasteiger partial charge in [-0.25, -0.2) is 0 Å². The van der Waals surface area contributed by atoms with Gasteiger partial charge in [-0.1, -0.05) is 42.1 Å². The highest BCUT2D eigenvalue weighted by Gasteiger charge is 2.52. The summed E-state index contributed by atoms with van der Waals surface area (Å²) in [5, 5.41) is 0. The lowest BCUT2D eigenvalue weighted by atomic mass is 10.2. The molecule has 0 atom stereocenters. The smallest absolute Gasteiger partial charge is 0.314 e. The van der Waals surface area contributed by atoms with Gasteiger partial charge in [0, 0.05) is 0 Å². The van der Waals surface area contributed by atoms with Crippen LogP contribution in [0.4, 0.5) is 0 Å². The van der Waals surface area contributed by atoms with Gasteiger partial charge in [0.1, 0.15) is 0 Å². The molecule has 0 amide bonds. The quantitative estimate of drug-likeness (QED) is 0.0678. The lowest BCUT2D eigenvalue weighted by Gasteiger charge is -2.45. The Balaban J connectivity index is 2.95. The van der Waals surface area contributed by atoms with E-state index in [0.29, 0.717) is 0 Å². The van der Waals surface area contributed by atoms with Crippen molar-refractivity contribution >= 4 is 135 Å². The summed E-state index contributed by atoms with van der Waals surface area (Å²) in [5.74, 6) is 0. The van der Waals surface area contributed by atoms with Crippen LogP contribution in [0.3, 0.4) is 0 Å². The minimum Gasteiger partial charge on any atom is -0.440 e. The van der Waals surface area contributed by atoms with Crippen molar-refractivity contribution in [3.05, 3.63) is 41.6 Å². The summed E-state index contributed by atoms with van der Waals surface area (Å²) in [6.07, 6.45) is 2.15. The maximum Gasteiger partial charge on any atom is 0.314 e. The molecule has 0 radical (unpaired) electrons. The van der Waals surface area contributed by atoms with Crippen molar-refractivity contribution in [1.82, 2.24) is 0 Å². The molecule has 0 heterocycles. The molecular formula is C38H98O14Si15. The highest BCUT2D eigenvalue weighted by Crippen LogP contribution is 2.33. The second-order valence-electron chi connectivity index (χ2n) is 24.0. The van der Waals surface area contributed by atoms with E-state index in [2.05, 4.69) is 220 Å². The molecule has 0 aliphatic heterocycles. The Labute approximate surface area is 427 Å². The van der Waals surface area contributed by atoms with Gasteiger partial charge in [0.15, 0.2) is 9.04 Å². The van der Waals surface area contributed by atoms with E-state index >= 15 is 0 Å². The number of hydrogen-bond acceptors (Lipinski definition) is 14. The summed E-state index contributed by atoms with van der Waals surface area (Å²) < 4.78 is 95.0. The SMILES string of the molecule is C[SiH](C)O[Si](C)(C)O[Si](C)(C)O[Si](C)(C)O[Si](C)(C)O[Si](C)(C)O[Si](C)(C)O[Si](C)(C)O[Si](C)(C)O[Si](C)(C)O[Si](C)(C)O[Si](C)(C)O[Si](C)(C)O[Si](C)(C)O[Si](C)(C)C=Cc1ccccc1. The summed E-state index contributed by atoms with van der Waals surface area (Å²) >= 11 is 0. The van der Waals surface area contributed by atoms with Crippen LogP contribution in [-0.2, 0) is 57.6 Å². The Morgan fingerprint density at radius 3 is 0.687 bits per heavy atom. The van der Waals surface area contributed by atoms with Crippen molar-refractivity contribution in [2.45, 2.75) is 196 Å². The summed E-state index contributed by atoms with van der Waals surface area (Å²) in [7, 11) is -38.4. The fourth-order valence-corrected chi connectivity index (χ4v) is 83.9. The van der Waals surface area contributed by atoms with E-state index in [1.807, 2.05) is 18.2 Å². The number of hydrogen-bond donors (Lipinski definition) is 0. The molecule has 67 heavy (non-hydrogen) atoms. The molecule has 0 bridgehead atoms. The molecule has 14 nitrogen and oxygen atoms in total. The molecule has 0 aliphatic rings. The first-order chi connectivity index (χ1) is 29.2. The first kappa shape index (κ1) is 66.7. The molecule has 1 aromatic carbocycles. The van der Waals surface area contributed by atoms with Crippen molar-refractivity contribution < 1.29 is 57.6 Å². The third kappa shape index (κ3) is 30.0. The molecule has 1 rings (SSSR count). The molecule has 0 unspecified atom stereocenters. The molecule has 0 aromatic heterocycles. The van der Waals surface area contributed by atoms with Gasteiger partial charge in [0.2, 0.25) is 8.32 Å². The van der Waals surface area contributed by atoms with Crippen LogP contribution in [0.25, 0.3) is 6.08 Å². The lowest BCUT2D eigenvalue weighted by molar-refractivity contribution is 0.251. The highest BCUT2D eigenvalue weighted by molar-refractivity contribution is 6.95. The minimum absolute atomic E-state index is 1.16. The molecule has 0 N–H and O–H groups in total. The van der Waals surface area contributed by atoms with Crippen molar-refractivity contribution in [2.75, 3.05) is 0 Å². The Kier molecular flexibility index (Phi) is 23.6. The zero-order chi connectivity index (χ0) is 53.0. The topological polar surface area (TPSA) is 129 Å². The zero-order valence-corrected chi connectivity index (χ0v) is 63.0. The van der Waals surface area contributed by atoms with Crippen molar-refractivity contribution in [1.29, 1.82) is 0 Å². The van der Waals surface area contributed by atoms with E-state index in [4.69, 9.17) is 57.6 Å². The number of benzene rings is 1. The normalized spacial score (nSPS) is 15.6. The van der Waals surface area contributed by atoms with Crippen LogP contribution in [0, 0.1) is 0 Å². The Morgan fingerprint density at radius 2 is 0.478 bits per heavy atom. The van der Waals surface area contributed by atoms with Crippen LogP contribution in [0.5, 0.6) is 0 Å². The van der Waals surface area contributed by atoms with Gasteiger partial charge in [0.05, 0.1) is 0 Å². The summed E-state index contributed by atoms with van der Waals surface area (Å²) in [5.41, 5.74) is 3.39. The molecule has 0 spiro atoms. The predicted molar refractivity (Wildman–Crippen MR) is 314 cm³/mol. The van der Waals surface area contributed by atoms with Gasteiger partial charge in [-0.2, -0.15) is 0 Å². The largest absolute Gasteiger partial charge is 0.440 e. The second-order valence-corrected chi connectivity index (χ2v) is 77.6. The molecule has 0 fully saturated rings. The Bertz CT molecular complexity index is 1740. The van der Waals surface area contributed by atoms with E-state index in [1.54, 1.807) is 0 Å². The van der Waals surface area contributed by atoms with E-state index in [9.17, 15) is 0 Å². The zero-order valence-electron chi connectivity index (χ0n) is 47.8. The van der Waals surface area contributed by atoms with Gasteiger partial charge < -0.3 is 57.6 Å². The van der Waals surface area contributed by atoms with Crippen molar-refractivity contribution in [2.24, 2.45) is 0 Å². The second kappa shape index (κ2) is 23.7. The van der Waals surface area contributed by atoms with Gasteiger partial charge in [-0.15, -0.1) is 0 Å². The van der Waals surface area contributed by atoms with Gasteiger partial charge in [-0.05, 0) is 202 Å². The highest BCUT2D eigenvalue weighted by atomic mass is 28.5. The predicted octanol–water partition coefficient (Wildman–Crippen LogP) is 12.8. The average molecular weight is 1200 g/mol. The first-order valence-electron chi connectivity index (χ1n) is 23.7. The van der Waals surface area contributed by atoms with E-state index in [1.165, 1.54) is 0 Å². The first-order valence-corrected chi connectivity index (χ1v) is 66.1. The summed E-state index contributed by atoms with van der Waals surface area (Å²) in [4.78, 5) is 0. The van der Waals surface area contributed by atoms with Crippen LogP contribution < -0.4 is 0 Å². The van der Waals surface area contributed by atoms with Crippen LogP contribution in [0.1, 0.15) is 5.56 Å². The average Bonchev–Trinajstić information content (AvgIpc) is 2.91. The van der Waals surface area contributed by atoms with Gasteiger partial charge >= 0.3 is 111 Å². The van der Waals surface area contributed by atoms with E-state index in [-0.39, 0.29) is 0 Å². The molecular weight excluding hydrogens is 1100 g/mol. The third-order valence-electron chi connectivity index (χ3n) is 8.40. The summed E-state index contributed by atoms with van der Waals surface area (Å²) in [6.45, 7) is 62.7. The molecule has 1 aromatic rings. The third-order valence-corrected chi connectivity index (χ3v) is 64.8. The maximum atomic E-state index is 6.90. The molecule has 0 saturated heterocycles. The van der Waals surface area contributed by atoms with Crippen LogP contribution in [0.15, 0.2) is 36.0 Å². The Hall–Kier alpha value is 1.65. The fraction of sp³-hybridized carbons (Fsp3) is 0.789. The summed E-state index contributed by atoms with van der Waals surface area (Å²) in [6, 6.07) is 10.3. The van der Waals surface area contributed by atoms with Crippen LogP contribution in [-0.4, -0.2) is 129 Å². The minimum atomic E-state index is -2.80. The monoisotopic (exact) mass is 1200 g/mol. The van der Waals surface area contributed by atoms with Gasteiger partial charge in [0.25, 0.3) is 0 Å². The molecule has 0 saturated carbocycles. The molecule has 0 aliphatic carbocycles. The van der Waals surface area contributed by atoms with E-state index in [0.717, 1.165) is 5.56 Å². The van der Waals surface area contributed by atoms with Gasteiger partial charge in [-0.3, -0.25) is 0 Å².